The second-order valence-electron chi connectivity index (χ2n) is 1.87. The van der Waals surface area contributed by atoms with Gasteiger partial charge in [-0.1, -0.05) is 9.49 Å². The van der Waals surface area contributed by atoms with Gasteiger partial charge >= 0.3 is 0 Å². The number of halogens is 1. The molecule has 0 atom stereocenters. The zero-order valence-electron chi connectivity index (χ0n) is 5.96. The third-order valence-electron chi connectivity index (χ3n) is 1.11. The van der Waals surface area contributed by atoms with Gasteiger partial charge < -0.3 is 9.41 Å². The smallest absolute Gasteiger partial charge is 0.231 e. The van der Waals surface area contributed by atoms with Crippen LogP contribution in [0.15, 0.2) is 4.52 Å². The molecule has 1 aromatic rings. The molecular weight excluding hydrogens is 190 g/mol. The Bertz CT molecular complexity index is 220. The van der Waals surface area contributed by atoms with Crippen molar-refractivity contribution in [2.75, 3.05) is 0 Å². The van der Waals surface area contributed by atoms with E-state index >= 15 is 0 Å². The Morgan fingerprint density at radius 3 is 2.73 bits per heavy atom. The van der Waals surface area contributed by atoms with E-state index in [0.717, 1.165) is 0 Å². The van der Waals surface area contributed by atoms with Crippen molar-refractivity contribution in [1.29, 1.82) is 0 Å². The van der Waals surface area contributed by atoms with Crippen molar-refractivity contribution >= 4 is 21.9 Å². The molecule has 0 aliphatic carbocycles. The predicted molar refractivity (Wildman–Crippen MR) is 41.1 cm³/mol. The van der Waals surface area contributed by atoms with Gasteiger partial charge in [0, 0.05) is 6.92 Å². The molecule has 0 unspecified atom stereocenters. The number of hydrogen-bond donors (Lipinski definition) is 0. The van der Waals surface area contributed by atoms with Crippen molar-refractivity contribution in [3.63, 3.8) is 0 Å². The Labute approximate surface area is 72.4 Å². The summed E-state index contributed by atoms with van der Waals surface area (Å²) >= 11 is 0.598. The van der Waals surface area contributed by atoms with Crippen molar-refractivity contribution in [1.82, 2.24) is 5.16 Å². The Kier molecular flexibility index (Phi) is 3.04. The van der Waals surface area contributed by atoms with E-state index in [1.54, 1.807) is 13.8 Å². The first-order valence-corrected chi connectivity index (χ1v) is 4.37. The second-order valence-corrected chi connectivity index (χ2v) is 2.51. The minimum absolute atomic E-state index is 0.471. The third kappa shape index (κ3) is 2.02. The fourth-order valence-corrected chi connectivity index (χ4v) is 0.811. The van der Waals surface area contributed by atoms with Crippen molar-refractivity contribution in [2.24, 2.45) is 0 Å². The third-order valence-corrected chi connectivity index (χ3v) is 1.38. The maximum atomic E-state index is 5.14. The number of nitrogens with zero attached hydrogens (tertiary/aromatic N) is 1. The molecule has 0 spiro atoms. The first-order valence-electron chi connectivity index (χ1n) is 2.80. The van der Waals surface area contributed by atoms with Crippen molar-refractivity contribution in [3.05, 3.63) is 11.5 Å². The highest BCUT2D eigenvalue weighted by Gasteiger charge is 2.11. The fraction of sp³-hybridized carbons (Fsp3) is 0.400. The summed E-state index contributed by atoms with van der Waals surface area (Å²) in [6, 6.07) is 0. The van der Waals surface area contributed by atoms with Gasteiger partial charge in [-0.05, 0) is 17.6 Å². The van der Waals surface area contributed by atoms with Crippen LogP contribution in [0.2, 0.25) is 0 Å². The van der Waals surface area contributed by atoms with Crippen LogP contribution in [-0.4, -0.2) is 5.16 Å². The standard InChI is InChI=1S/C5H6ClNO3S/c1-3-5(9-10-11-6)4(2)8-7-3/h1-2H3. The SMILES string of the molecule is Cc1noc(C)c1OOSCl. The average molecular weight is 196 g/mol. The molecule has 0 amide bonds. The Hall–Kier alpha value is -0.390. The minimum atomic E-state index is 0.471. The van der Waals surface area contributed by atoms with E-state index in [9.17, 15) is 0 Å². The quantitative estimate of drug-likeness (QED) is 0.421. The average Bonchev–Trinajstić information content (AvgIpc) is 2.29. The van der Waals surface area contributed by atoms with E-state index in [0.29, 0.717) is 28.5 Å². The lowest BCUT2D eigenvalue weighted by molar-refractivity contribution is -0.0774. The van der Waals surface area contributed by atoms with Gasteiger partial charge in [0.15, 0.2) is 17.0 Å². The Balaban J connectivity index is 2.67. The monoisotopic (exact) mass is 195 g/mol. The van der Waals surface area contributed by atoms with Gasteiger partial charge in [-0.3, -0.25) is 0 Å². The van der Waals surface area contributed by atoms with Crippen LogP contribution in [0.5, 0.6) is 5.75 Å². The van der Waals surface area contributed by atoms with Crippen molar-refractivity contribution in [3.8, 4) is 5.75 Å². The molecule has 6 heteroatoms. The summed E-state index contributed by atoms with van der Waals surface area (Å²) in [7, 11) is 5.14. The van der Waals surface area contributed by atoms with Gasteiger partial charge in [0.05, 0.1) is 0 Å². The zero-order chi connectivity index (χ0) is 8.27. The predicted octanol–water partition coefficient (Wildman–Crippen LogP) is 2.40. The van der Waals surface area contributed by atoms with E-state index in [1.807, 2.05) is 0 Å². The van der Waals surface area contributed by atoms with Gasteiger partial charge in [0.2, 0.25) is 5.75 Å². The van der Waals surface area contributed by atoms with Crippen LogP contribution in [0.3, 0.4) is 0 Å². The Morgan fingerprint density at radius 1 is 1.55 bits per heavy atom. The lowest BCUT2D eigenvalue weighted by atomic mass is 10.4. The summed E-state index contributed by atoms with van der Waals surface area (Å²) in [6.45, 7) is 3.46. The summed E-state index contributed by atoms with van der Waals surface area (Å²) in [5.41, 5.74) is 0.633. The van der Waals surface area contributed by atoms with Gasteiger partial charge in [-0.2, -0.15) is 0 Å². The van der Waals surface area contributed by atoms with Crippen LogP contribution >= 0.6 is 21.9 Å². The molecule has 0 saturated carbocycles. The number of aryl methyl sites for hydroxylation is 2. The maximum Gasteiger partial charge on any atom is 0.231 e. The van der Waals surface area contributed by atoms with Crippen molar-refractivity contribution < 1.29 is 13.7 Å². The highest BCUT2D eigenvalue weighted by molar-refractivity contribution is 8.17. The summed E-state index contributed by atoms with van der Waals surface area (Å²) < 4.78 is 9.21. The zero-order valence-corrected chi connectivity index (χ0v) is 7.53. The maximum absolute atomic E-state index is 5.14. The first-order chi connectivity index (χ1) is 5.25. The summed E-state index contributed by atoms with van der Waals surface area (Å²) in [6.07, 6.45) is 0. The fourth-order valence-electron chi connectivity index (χ4n) is 0.640. The molecule has 4 nitrogen and oxygen atoms in total. The summed E-state index contributed by atoms with van der Waals surface area (Å²) in [5, 5.41) is 3.64. The molecule has 1 heterocycles. The van der Waals surface area contributed by atoms with Crippen LogP contribution in [0, 0.1) is 13.8 Å². The molecule has 0 aromatic carbocycles. The van der Waals surface area contributed by atoms with Gasteiger partial charge in [0.25, 0.3) is 0 Å². The topological polar surface area (TPSA) is 44.5 Å². The number of hydrogen-bond acceptors (Lipinski definition) is 5. The van der Waals surface area contributed by atoms with E-state index in [1.165, 1.54) is 0 Å². The molecule has 62 valence electrons. The van der Waals surface area contributed by atoms with E-state index < -0.39 is 0 Å². The molecule has 0 radical (unpaired) electrons. The van der Waals surface area contributed by atoms with Crippen LogP contribution in [0.25, 0.3) is 0 Å². The molecule has 0 fully saturated rings. The second kappa shape index (κ2) is 3.85. The van der Waals surface area contributed by atoms with E-state index in [4.69, 9.17) is 20.1 Å². The van der Waals surface area contributed by atoms with Crippen LogP contribution in [0.1, 0.15) is 11.5 Å². The molecule has 0 bridgehead atoms. The molecule has 11 heavy (non-hydrogen) atoms. The molecule has 0 saturated heterocycles. The highest BCUT2D eigenvalue weighted by Crippen LogP contribution is 2.23. The lowest BCUT2D eigenvalue weighted by Gasteiger charge is -1.96. The van der Waals surface area contributed by atoms with E-state index in [-0.39, 0.29) is 0 Å². The normalized spacial score (nSPS) is 10.1. The van der Waals surface area contributed by atoms with Crippen LogP contribution in [-0.2, 0) is 4.33 Å². The molecule has 0 N–H and O–H groups in total. The Morgan fingerprint density at radius 2 is 2.27 bits per heavy atom. The molecular formula is C5H6ClNO3S. The van der Waals surface area contributed by atoms with Gasteiger partial charge in [-0.15, -0.1) is 0 Å². The van der Waals surface area contributed by atoms with Gasteiger partial charge in [0.1, 0.15) is 5.69 Å². The first kappa shape index (κ1) is 8.70. The van der Waals surface area contributed by atoms with Crippen molar-refractivity contribution in [2.45, 2.75) is 13.8 Å². The molecule has 0 aliphatic heterocycles. The molecule has 1 aromatic heterocycles. The molecule has 0 aliphatic rings. The highest BCUT2D eigenvalue weighted by atomic mass is 35.7. The molecule has 1 rings (SSSR count). The lowest BCUT2D eigenvalue weighted by Crippen LogP contribution is -1.89. The summed E-state index contributed by atoms with van der Waals surface area (Å²) in [5.74, 6) is 1.03. The number of aromatic nitrogens is 1. The minimum Gasteiger partial charge on any atom is -0.357 e. The van der Waals surface area contributed by atoms with E-state index in [2.05, 4.69) is 9.49 Å². The largest absolute Gasteiger partial charge is 0.357 e. The van der Waals surface area contributed by atoms with Crippen LogP contribution < -0.4 is 4.89 Å². The number of rotatable bonds is 3. The van der Waals surface area contributed by atoms with Gasteiger partial charge in [-0.25, -0.2) is 0 Å². The van der Waals surface area contributed by atoms with Crippen LogP contribution in [0.4, 0.5) is 0 Å². The summed E-state index contributed by atoms with van der Waals surface area (Å²) in [4.78, 5) is 4.73.